The zero-order valence-electron chi connectivity index (χ0n) is 13.7. The van der Waals surface area contributed by atoms with Gasteiger partial charge in [-0.15, -0.1) is 0 Å². The van der Waals surface area contributed by atoms with Crippen LogP contribution in [-0.4, -0.2) is 19.7 Å². The maximum Gasteiger partial charge on any atom is 0.118 e. The Hall–Kier alpha value is -1.02. The van der Waals surface area contributed by atoms with E-state index in [1.54, 1.807) is 7.11 Å². The summed E-state index contributed by atoms with van der Waals surface area (Å²) in [5.74, 6) is 1.87. The van der Waals surface area contributed by atoms with Gasteiger partial charge in [0.25, 0.3) is 0 Å². The second kappa shape index (κ2) is 9.09. The number of ether oxygens (including phenoxy) is 1. The second-order valence-electron chi connectivity index (χ2n) is 6.40. The molecule has 1 aromatic rings. The Morgan fingerprint density at radius 2 is 1.76 bits per heavy atom. The second-order valence-corrected chi connectivity index (χ2v) is 6.40. The van der Waals surface area contributed by atoms with E-state index in [2.05, 4.69) is 36.5 Å². The van der Waals surface area contributed by atoms with Gasteiger partial charge in [0.1, 0.15) is 5.75 Å². The van der Waals surface area contributed by atoms with Crippen molar-refractivity contribution < 1.29 is 4.74 Å². The van der Waals surface area contributed by atoms with Crippen LogP contribution in [0.25, 0.3) is 0 Å². The number of hydrogen-bond donors (Lipinski definition) is 1. The Morgan fingerprint density at radius 1 is 1.10 bits per heavy atom. The fourth-order valence-electron chi connectivity index (χ4n) is 3.58. The Bertz CT molecular complexity index is 379. The van der Waals surface area contributed by atoms with Crippen LogP contribution in [0.15, 0.2) is 24.3 Å². The zero-order chi connectivity index (χ0) is 14.9. The molecule has 0 amide bonds. The van der Waals surface area contributed by atoms with Gasteiger partial charge < -0.3 is 10.1 Å². The van der Waals surface area contributed by atoms with Gasteiger partial charge in [-0.3, -0.25) is 0 Å². The molecule has 2 heteroatoms. The highest BCUT2D eigenvalue weighted by atomic mass is 16.5. The minimum atomic E-state index is 0.617. The number of benzene rings is 1. The molecule has 118 valence electrons. The van der Waals surface area contributed by atoms with Crippen molar-refractivity contribution in [2.75, 3.05) is 13.7 Å². The smallest absolute Gasteiger partial charge is 0.118 e. The molecule has 1 aromatic carbocycles. The van der Waals surface area contributed by atoms with E-state index in [9.17, 15) is 0 Å². The Labute approximate surface area is 130 Å². The van der Waals surface area contributed by atoms with E-state index in [1.165, 1.54) is 50.5 Å². The normalized spacial score (nSPS) is 18.2. The molecule has 0 saturated heterocycles. The molecule has 0 bridgehead atoms. The lowest BCUT2D eigenvalue weighted by Crippen LogP contribution is -2.33. The average Bonchev–Trinajstić information content (AvgIpc) is 2.77. The minimum absolute atomic E-state index is 0.617. The van der Waals surface area contributed by atoms with Crippen molar-refractivity contribution in [1.29, 1.82) is 0 Å². The summed E-state index contributed by atoms with van der Waals surface area (Å²) >= 11 is 0. The van der Waals surface area contributed by atoms with Gasteiger partial charge in [0.2, 0.25) is 0 Å². The lowest BCUT2D eigenvalue weighted by Gasteiger charge is -2.23. The molecular formula is C19H31NO. The fraction of sp³-hybridized carbons (Fsp3) is 0.684. The summed E-state index contributed by atoms with van der Waals surface area (Å²) in [7, 11) is 1.72. The van der Waals surface area contributed by atoms with Crippen molar-refractivity contribution in [2.24, 2.45) is 5.92 Å². The van der Waals surface area contributed by atoms with Gasteiger partial charge in [-0.05, 0) is 43.0 Å². The van der Waals surface area contributed by atoms with E-state index in [1.807, 2.05) is 0 Å². The van der Waals surface area contributed by atoms with Crippen LogP contribution in [0.5, 0.6) is 5.75 Å². The first kappa shape index (κ1) is 16.4. The first-order valence-corrected chi connectivity index (χ1v) is 8.68. The van der Waals surface area contributed by atoms with Crippen LogP contribution in [0.2, 0.25) is 0 Å². The van der Waals surface area contributed by atoms with Gasteiger partial charge in [-0.1, -0.05) is 57.6 Å². The molecule has 1 aliphatic rings. The van der Waals surface area contributed by atoms with E-state index in [4.69, 9.17) is 4.74 Å². The van der Waals surface area contributed by atoms with Crippen LogP contribution in [0.4, 0.5) is 0 Å². The quantitative estimate of drug-likeness (QED) is 0.742. The average molecular weight is 289 g/mol. The summed E-state index contributed by atoms with van der Waals surface area (Å²) in [4.78, 5) is 0. The lowest BCUT2D eigenvalue weighted by atomic mass is 9.90. The molecule has 1 saturated carbocycles. The lowest BCUT2D eigenvalue weighted by molar-refractivity contribution is 0.353. The van der Waals surface area contributed by atoms with Crippen LogP contribution in [0.1, 0.15) is 57.4 Å². The highest BCUT2D eigenvalue weighted by Crippen LogP contribution is 2.27. The third-order valence-electron chi connectivity index (χ3n) is 4.73. The molecule has 1 aliphatic carbocycles. The third kappa shape index (κ3) is 5.70. The highest BCUT2D eigenvalue weighted by Gasteiger charge is 2.18. The summed E-state index contributed by atoms with van der Waals surface area (Å²) in [6, 6.07) is 9.17. The van der Waals surface area contributed by atoms with E-state index in [0.29, 0.717) is 6.04 Å². The Kier molecular flexibility index (Phi) is 7.08. The van der Waals surface area contributed by atoms with E-state index >= 15 is 0 Å². The molecule has 0 spiro atoms. The molecule has 0 aliphatic heterocycles. The first-order valence-electron chi connectivity index (χ1n) is 8.68. The molecule has 0 radical (unpaired) electrons. The number of rotatable bonds is 7. The molecule has 21 heavy (non-hydrogen) atoms. The summed E-state index contributed by atoms with van der Waals surface area (Å²) in [5, 5.41) is 3.70. The summed E-state index contributed by atoms with van der Waals surface area (Å²) in [6.45, 7) is 3.28. The van der Waals surface area contributed by atoms with E-state index in [0.717, 1.165) is 24.6 Å². The molecule has 1 unspecified atom stereocenters. The summed E-state index contributed by atoms with van der Waals surface area (Å²) in [5.41, 5.74) is 1.41. The molecule has 0 aromatic heterocycles. The Morgan fingerprint density at radius 3 is 2.33 bits per heavy atom. The van der Waals surface area contributed by atoms with Crippen molar-refractivity contribution in [3.63, 3.8) is 0 Å². The largest absolute Gasteiger partial charge is 0.497 e. The van der Waals surface area contributed by atoms with Crippen LogP contribution >= 0.6 is 0 Å². The van der Waals surface area contributed by atoms with Gasteiger partial charge in [-0.25, -0.2) is 0 Å². The van der Waals surface area contributed by atoms with Gasteiger partial charge in [-0.2, -0.15) is 0 Å². The fourth-order valence-corrected chi connectivity index (χ4v) is 3.58. The highest BCUT2D eigenvalue weighted by molar-refractivity contribution is 5.27. The maximum atomic E-state index is 5.24. The number of likely N-dealkylation sites (N-methyl/N-ethyl adjacent to an activating group) is 1. The molecule has 2 nitrogen and oxygen atoms in total. The van der Waals surface area contributed by atoms with Crippen molar-refractivity contribution in [3.05, 3.63) is 29.8 Å². The van der Waals surface area contributed by atoms with E-state index < -0.39 is 0 Å². The van der Waals surface area contributed by atoms with Crippen molar-refractivity contribution >= 4 is 0 Å². The van der Waals surface area contributed by atoms with Crippen LogP contribution in [0, 0.1) is 5.92 Å². The Balaban J connectivity index is 1.90. The molecule has 0 heterocycles. The maximum absolute atomic E-state index is 5.24. The predicted octanol–water partition coefficient (Wildman–Crippen LogP) is 4.58. The van der Waals surface area contributed by atoms with Crippen molar-refractivity contribution in [1.82, 2.24) is 5.32 Å². The molecular weight excluding hydrogens is 258 g/mol. The van der Waals surface area contributed by atoms with Crippen LogP contribution in [0.3, 0.4) is 0 Å². The predicted molar refractivity (Wildman–Crippen MR) is 90.0 cm³/mol. The SMILES string of the molecule is CCNC(Cc1ccc(OC)cc1)CC1CCCCCC1. The number of nitrogens with one attached hydrogen (secondary N) is 1. The first-order chi connectivity index (χ1) is 10.3. The van der Waals surface area contributed by atoms with Gasteiger partial charge in [0, 0.05) is 6.04 Å². The van der Waals surface area contributed by atoms with Gasteiger partial charge >= 0.3 is 0 Å². The van der Waals surface area contributed by atoms with Crippen molar-refractivity contribution in [2.45, 2.75) is 64.3 Å². The summed E-state index contributed by atoms with van der Waals surface area (Å²) in [6.07, 6.45) is 11.1. The summed E-state index contributed by atoms with van der Waals surface area (Å²) < 4.78 is 5.24. The van der Waals surface area contributed by atoms with Gasteiger partial charge in [0.05, 0.1) is 7.11 Å². The topological polar surface area (TPSA) is 21.3 Å². The van der Waals surface area contributed by atoms with Crippen molar-refractivity contribution in [3.8, 4) is 5.75 Å². The standard InChI is InChI=1S/C19H31NO/c1-3-20-18(14-16-8-6-4-5-7-9-16)15-17-10-12-19(21-2)13-11-17/h10-13,16,18,20H,3-9,14-15H2,1-2H3. The molecule has 1 fully saturated rings. The van der Waals surface area contributed by atoms with Crippen LogP contribution < -0.4 is 10.1 Å². The molecule has 1 atom stereocenters. The number of hydrogen-bond acceptors (Lipinski definition) is 2. The zero-order valence-corrected chi connectivity index (χ0v) is 13.7. The van der Waals surface area contributed by atoms with Gasteiger partial charge in [0.15, 0.2) is 0 Å². The van der Waals surface area contributed by atoms with E-state index in [-0.39, 0.29) is 0 Å². The van der Waals surface area contributed by atoms with Crippen LogP contribution in [-0.2, 0) is 6.42 Å². The monoisotopic (exact) mass is 289 g/mol. The number of methoxy groups -OCH3 is 1. The molecule has 1 N–H and O–H groups in total. The minimum Gasteiger partial charge on any atom is -0.497 e. The third-order valence-corrected chi connectivity index (χ3v) is 4.73. The molecule has 2 rings (SSSR count).